The fourth-order valence-electron chi connectivity index (χ4n) is 2.22. The van der Waals surface area contributed by atoms with Crippen LogP contribution in [0.5, 0.6) is 5.75 Å². The predicted octanol–water partition coefficient (Wildman–Crippen LogP) is 2.30. The summed E-state index contributed by atoms with van der Waals surface area (Å²) in [5.41, 5.74) is 1.68. The number of aromatic nitrogens is 1. The average molecular weight is 310 g/mol. The summed E-state index contributed by atoms with van der Waals surface area (Å²) in [4.78, 5) is 23.0. The molecule has 0 aliphatic heterocycles. The zero-order valence-corrected chi connectivity index (χ0v) is 12.7. The molecule has 2 rings (SSSR count). The highest BCUT2D eigenvalue weighted by Crippen LogP contribution is 2.40. The van der Waals surface area contributed by atoms with Crippen LogP contribution in [0, 0.1) is 0 Å². The first-order valence-electron chi connectivity index (χ1n) is 6.54. The topological polar surface area (TPSA) is 85.8 Å². The minimum atomic E-state index is -4.56. The minimum absolute atomic E-state index is 0.159. The summed E-state index contributed by atoms with van der Waals surface area (Å²) in [5, 5.41) is 0.910. The normalized spacial score (nSPS) is 12.0. The van der Waals surface area contributed by atoms with E-state index in [4.69, 9.17) is 14.3 Å². The molecule has 1 aromatic heterocycles. The van der Waals surface area contributed by atoms with Crippen molar-refractivity contribution in [1.82, 2.24) is 9.88 Å². The van der Waals surface area contributed by atoms with E-state index in [0.717, 1.165) is 30.5 Å². The monoisotopic (exact) mass is 310 g/mol. The first kappa shape index (κ1) is 15.8. The van der Waals surface area contributed by atoms with Crippen molar-refractivity contribution in [3.8, 4) is 5.75 Å². The highest BCUT2D eigenvalue weighted by molar-refractivity contribution is 7.46. The summed E-state index contributed by atoms with van der Waals surface area (Å²) in [7, 11) is -2.55. The van der Waals surface area contributed by atoms with Gasteiger partial charge in [0.15, 0.2) is 5.75 Å². The second-order valence-corrected chi connectivity index (χ2v) is 6.04. The van der Waals surface area contributed by atoms with Crippen molar-refractivity contribution in [3.63, 3.8) is 0 Å². The molecule has 0 saturated carbocycles. The van der Waals surface area contributed by atoms with Crippen molar-refractivity contribution in [1.29, 1.82) is 0 Å². The molecule has 1 aromatic carbocycles. The van der Waals surface area contributed by atoms with Crippen LogP contribution >= 0.6 is 7.82 Å². The highest BCUT2D eigenvalue weighted by Gasteiger charge is 2.18. The smallest absolute Gasteiger partial charge is 0.402 e. The maximum atomic E-state index is 11.0. The summed E-state index contributed by atoms with van der Waals surface area (Å²) in [5.74, 6) is 0.159. The Hall–Kier alpha value is -1.59. The summed E-state index contributed by atoms with van der Waals surface area (Å²) in [6.45, 7) is 5.38. The number of para-hydroxylation sites is 1. The summed E-state index contributed by atoms with van der Waals surface area (Å²) < 4.78 is 15.7. The number of nitrogens with zero attached hydrogens (tertiary/aromatic N) is 1. The number of aromatic amines is 1. The van der Waals surface area contributed by atoms with Gasteiger partial charge in [0.1, 0.15) is 0 Å². The first-order valence-corrected chi connectivity index (χ1v) is 8.07. The van der Waals surface area contributed by atoms with E-state index in [1.54, 1.807) is 6.07 Å². The Morgan fingerprint density at radius 3 is 2.90 bits per heavy atom. The number of rotatable bonds is 7. The third-order valence-corrected chi connectivity index (χ3v) is 3.62. The van der Waals surface area contributed by atoms with Crippen molar-refractivity contribution in [3.05, 3.63) is 42.6 Å². The van der Waals surface area contributed by atoms with Gasteiger partial charge in [-0.15, -0.1) is 6.58 Å². The molecule has 3 N–H and O–H groups in total. The number of hydrogen-bond acceptors (Lipinski definition) is 3. The third-order valence-electron chi connectivity index (χ3n) is 3.18. The van der Waals surface area contributed by atoms with Crippen molar-refractivity contribution in [2.24, 2.45) is 0 Å². The molecule has 7 heteroatoms. The lowest BCUT2D eigenvalue weighted by Crippen LogP contribution is -2.20. The third kappa shape index (κ3) is 4.19. The van der Waals surface area contributed by atoms with Gasteiger partial charge in [-0.2, -0.15) is 0 Å². The molecule has 0 unspecified atom stereocenters. The molecule has 6 nitrogen and oxygen atoms in total. The van der Waals surface area contributed by atoms with Crippen LogP contribution in [0.15, 0.2) is 37.1 Å². The molecule has 0 saturated heterocycles. The number of phosphoric ester groups is 1. The number of benzene rings is 1. The number of nitrogens with one attached hydrogen (secondary N) is 1. The van der Waals surface area contributed by atoms with Gasteiger partial charge in [-0.3, -0.25) is 9.79 Å². The van der Waals surface area contributed by atoms with Crippen LogP contribution in [0.4, 0.5) is 0 Å². The summed E-state index contributed by atoms with van der Waals surface area (Å²) in [6, 6.07) is 5.16. The van der Waals surface area contributed by atoms with Crippen molar-refractivity contribution >= 4 is 18.7 Å². The largest absolute Gasteiger partial charge is 0.524 e. The standard InChI is InChI=1S/C14H19N2O4P/c1-3-8-16(2)9-7-11-10-15-14-12(11)5-4-6-13(14)20-21(17,18)19/h3-6,10,15H,1,7-9H2,2H3,(H2,17,18,19). The molecular weight excluding hydrogens is 291 g/mol. The van der Waals surface area contributed by atoms with E-state index in [2.05, 4.69) is 16.5 Å². The molecule has 0 aliphatic rings. The molecule has 0 spiro atoms. The van der Waals surface area contributed by atoms with Crippen molar-refractivity contribution in [2.45, 2.75) is 6.42 Å². The number of phosphoric acid groups is 1. The van der Waals surface area contributed by atoms with Gasteiger partial charge < -0.3 is 14.4 Å². The van der Waals surface area contributed by atoms with Crippen molar-refractivity contribution < 1.29 is 18.9 Å². The highest BCUT2D eigenvalue weighted by atomic mass is 31.2. The fourth-order valence-corrected chi connectivity index (χ4v) is 2.63. The number of fused-ring (bicyclic) bond motifs is 1. The molecule has 1 heterocycles. The molecular formula is C14H19N2O4P. The van der Waals surface area contributed by atoms with Gasteiger partial charge in [-0.25, -0.2) is 4.57 Å². The summed E-state index contributed by atoms with van der Waals surface area (Å²) in [6.07, 6.45) is 4.52. The Balaban J connectivity index is 2.22. The van der Waals surface area contributed by atoms with Crippen LogP contribution in [-0.2, 0) is 11.0 Å². The molecule has 0 fully saturated rings. The van der Waals surface area contributed by atoms with Crippen molar-refractivity contribution in [2.75, 3.05) is 20.1 Å². The van der Waals surface area contributed by atoms with E-state index in [-0.39, 0.29) is 5.75 Å². The SMILES string of the molecule is C=CCN(C)CCc1c[nH]c2c(OP(=O)(O)O)cccc12. The number of hydrogen-bond donors (Lipinski definition) is 3. The molecule has 0 bridgehead atoms. The molecule has 2 aromatic rings. The van der Waals surface area contributed by atoms with Gasteiger partial charge in [-0.1, -0.05) is 18.2 Å². The quantitative estimate of drug-likeness (QED) is 0.540. The summed E-state index contributed by atoms with van der Waals surface area (Å²) >= 11 is 0. The van der Waals surface area contributed by atoms with E-state index in [9.17, 15) is 4.57 Å². The maximum absolute atomic E-state index is 11.0. The van der Waals surface area contributed by atoms with E-state index in [1.807, 2.05) is 25.4 Å². The van der Waals surface area contributed by atoms with Gasteiger partial charge in [-0.05, 0) is 25.1 Å². The van der Waals surface area contributed by atoms with Gasteiger partial charge in [0, 0.05) is 24.7 Å². The maximum Gasteiger partial charge on any atom is 0.524 e. The van der Waals surface area contributed by atoms with Crippen LogP contribution in [0.1, 0.15) is 5.56 Å². The Labute approximate surface area is 123 Å². The van der Waals surface area contributed by atoms with E-state index < -0.39 is 7.82 Å². The Bertz CT molecular complexity index is 677. The van der Waals surface area contributed by atoms with E-state index in [0.29, 0.717) is 5.52 Å². The molecule has 114 valence electrons. The van der Waals surface area contributed by atoms with Gasteiger partial charge in [0.05, 0.1) is 5.52 Å². The minimum Gasteiger partial charge on any atom is -0.402 e. The van der Waals surface area contributed by atoms with Gasteiger partial charge in [0.2, 0.25) is 0 Å². The zero-order valence-electron chi connectivity index (χ0n) is 11.8. The second-order valence-electron chi connectivity index (χ2n) is 4.88. The lowest BCUT2D eigenvalue weighted by Gasteiger charge is -2.13. The average Bonchev–Trinajstić information content (AvgIpc) is 2.79. The van der Waals surface area contributed by atoms with Gasteiger partial charge >= 0.3 is 7.82 Å². The van der Waals surface area contributed by atoms with E-state index in [1.165, 1.54) is 6.07 Å². The lowest BCUT2D eigenvalue weighted by molar-refractivity contribution is 0.284. The Morgan fingerprint density at radius 1 is 1.48 bits per heavy atom. The van der Waals surface area contributed by atoms with Crippen LogP contribution in [0.25, 0.3) is 10.9 Å². The number of likely N-dealkylation sites (N-methyl/N-ethyl adjacent to an activating group) is 1. The number of H-pyrrole nitrogens is 1. The zero-order chi connectivity index (χ0) is 15.5. The fraction of sp³-hybridized carbons (Fsp3) is 0.286. The molecule has 0 aliphatic carbocycles. The first-order chi connectivity index (χ1) is 9.90. The Kier molecular flexibility index (Phi) is 4.85. The molecule has 0 radical (unpaired) electrons. The van der Waals surface area contributed by atoms with Crippen LogP contribution in [-0.4, -0.2) is 39.8 Å². The second kappa shape index (κ2) is 6.45. The predicted molar refractivity (Wildman–Crippen MR) is 82.4 cm³/mol. The lowest BCUT2D eigenvalue weighted by atomic mass is 10.1. The van der Waals surface area contributed by atoms with Crippen LogP contribution in [0.3, 0.4) is 0 Å². The van der Waals surface area contributed by atoms with Crippen LogP contribution in [0.2, 0.25) is 0 Å². The van der Waals surface area contributed by atoms with E-state index >= 15 is 0 Å². The molecule has 21 heavy (non-hydrogen) atoms. The Morgan fingerprint density at radius 2 is 2.24 bits per heavy atom. The molecule has 0 atom stereocenters. The van der Waals surface area contributed by atoms with Crippen LogP contribution < -0.4 is 4.52 Å². The molecule has 0 amide bonds. The van der Waals surface area contributed by atoms with Gasteiger partial charge in [0.25, 0.3) is 0 Å².